The van der Waals surface area contributed by atoms with E-state index >= 15 is 0 Å². The number of carbonyl (C=O) groups is 1. The second-order valence-corrected chi connectivity index (χ2v) is 6.45. The van der Waals surface area contributed by atoms with Crippen molar-refractivity contribution in [1.29, 1.82) is 0 Å². The molecule has 0 N–H and O–H groups in total. The molecule has 1 aromatic heterocycles. The van der Waals surface area contributed by atoms with E-state index in [1.54, 1.807) is 35.2 Å². The third kappa shape index (κ3) is 5.01. The fourth-order valence-corrected chi connectivity index (χ4v) is 2.85. The van der Waals surface area contributed by atoms with Gasteiger partial charge in [0.15, 0.2) is 0 Å². The maximum absolute atomic E-state index is 11.9. The molecule has 5 nitrogen and oxygen atoms in total. The lowest BCUT2D eigenvalue weighted by molar-refractivity contribution is -0.128. The number of rotatable bonds is 5. The highest BCUT2D eigenvalue weighted by molar-refractivity contribution is 9.10. The molecule has 3 rings (SSSR count). The summed E-state index contributed by atoms with van der Waals surface area (Å²) in [6, 6.07) is 14.8. The topological polar surface area (TPSA) is 57.0 Å². The summed E-state index contributed by atoms with van der Waals surface area (Å²) in [7, 11) is 0. The van der Waals surface area contributed by atoms with Gasteiger partial charge in [-0.15, -0.1) is 5.10 Å². The second kappa shape index (κ2) is 8.09. The average molecular weight is 419 g/mol. The quantitative estimate of drug-likeness (QED) is 0.351. The fraction of sp³-hybridized carbons (Fsp3) is 0.0556. The molecule has 1 heterocycles. The minimum atomic E-state index is -0.513. The highest BCUT2D eigenvalue weighted by Crippen LogP contribution is 2.28. The first-order chi connectivity index (χ1) is 12.1. The molecule has 0 saturated heterocycles. The van der Waals surface area contributed by atoms with Crippen molar-refractivity contribution in [3.63, 3.8) is 0 Å². The van der Waals surface area contributed by atoms with Gasteiger partial charge in [0.05, 0.1) is 17.2 Å². The Morgan fingerprint density at radius 3 is 2.80 bits per heavy atom. The molecule has 0 bridgehead atoms. The lowest BCUT2D eigenvalue weighted by Gasteiger charge is -2.03. The largest absolute Gasteiger partial charge is 0.422 e. The number of halogens is 2. The van der Waals surface area contributed by atoms with Crippen molar-refractivity contribution < 1.29 is 9.53 Å². The maximum Gasteiger partial charge on any atom is 0.336 e. The Bertz CT molecular complexity index is 910. The monoisotopic (exact) mass is 417 g/mol. The van der Waals surface area contributed by atoms with Crippen molar-refractivity contribution >= 4 is 39.6 Å². The van der Waals surface area contributed by atoms with E-state index in [-0.39, 0.29) is 0 Å². The Balaban J connectivity index is 1.61. The lowest BCUT2D eigenvalue weighted by Crippen LogP contribution is -2.04. The summed E-state index contributed by atoms with van der Waals surface area (Å²) in [5.41, 5.74) is 1.69. The van der Waals surface area contributed by atoms with Gasteiger partial charge in [0.2, 0.25) is 0 Å². The van der Waals surface area contributed by atoms with Gasteiger partial charge >= 0.3 is 5.97 Å². The minimum Gasteiger partial charge on any atom is -0.422 e. The van der Waals surface area contributed by atoms with E-state index in [0.717, 1.165) is 5.56 Å². The Hall–Kier alpha value is -2.44. The van der Waals surface area contributed by atoms with Crippen molar-refractivity contribution in [3.05, 3.63) is 81.6 Å². The molecule has 0 atom stereocenters. The van der Waals surface area contributed by atoms with Gasteiger partial charge in [0, 0.05) is 11.1 Å². The molecule has 0 fully saturated rings. The van der Waals surface area contributed by atoms with E-state index in [4.69, 9.17) is 16.3 Å². The van der Waals surface area contributed by atoms with Crippen LogP contribution in [0.3, 0.4) is 0 Å². The summed E-state index contributed by atoms with van der Waals surface area (Å²) >= 11 is 9.15. The van der Waals surface area contributed by atoms with E-state index < -0.39 is 5.97 Å². The number of aromatic nitrogens is 3. The second-order valence-electron chi connectivity index (χ2n) is 5.16. The molecular weight excluding hydrogens is 406 g/mol. The Morgan fingerprint density at radius 2 is 2.04 bits per heavy atom. The van der Waals surface area contributed by atoms with Crippen LogP contribution in [0.4, 0.5) is 0 Å². The summed E-state index contributed by atoms with van der Waals surface area (Å²) in [6.45, 7) is 0.615. The van der Waals surface area contributed by atoms with Crippen molar-refractivity contribution in [2.24, 2.45) is 0 Å². The molecule has 0 aliphatic rings. The standard InChI is InChI=1S/C18H13BrClN3O2/c19-16-10-14(20)6-8-17(16)25-18(24)9-7-15-12-23(22-21-15)11-13-4-2-1-3-5-13/h1-10,12H,11H2/b9-7+. The van der Waals surface area contributed by atoms with Crippen molar-refractivity contribution in [3.8, 4) is 5.75 Å². The Morgan fingerprint density at radius 1 is 1.24 bits per heavy atom. The van der Waals surface area contributed by atoms with Gasteiger partial charge in [-0.1, -0.05) is 47.1 Å². The highest BCUT2D eigenvalue weighted by Gasteiger charge is 2.06. The molecular formula is C18H13BrClN3O2. The number of nitrogens with zero attached hydrogens (tertiary/aromatic N) is 3. The number of hydrogen-bond acceptors (Lipinski definition) is 4. The smallest absolute Gasteiger partial charge is 0.336 e. The molecule has 0 unspecified atom stereocenters. The van der Waals surface area contributed by atoms with Crippen LogP contribution in [0.2, 0.25) is 5.02 Å². The maximum atomic E-state index is 11.9. The molecule has 25 heavy (non-hydrogen) atoms. The molecule has 7 heteroatoms. The van der Waals surface area contributed by atoms with Crippen LogP contribution in [0.15, 0.2) is 65.3 Å². The normalized spacial score (nSPS) is 11.0. The van der Waals surface area contributed by atoms with Crippen LogP contribution in [0.25, 0.3) is 6.08 Å². The first-order valence-electron chi connectivity index (χ1n) is 7.39. The zero-order valence-corrected chi connectivity index (χ0v) is 15.3. The molecule has 3 aromatic rings. The third-order valence-electron chi connectivity index (χ3n) is 3.24. The number of esters is 1. The fourth-order valence-electron chi connectivity index (χ4n) is 2.09. The number of carbonyl (C=O) groups excluding carboxylic acids is 1. The molecule has 2 aromatic carbocycles. The predicted octanol–water partition coefficient (Wildman–Crippen LogP) is 4.36. The molecule has 0 aliphatic carbocycles. The predicted molar refractivity (Wildman–Crippen MR) is 99.4 cm³/mol. The van der Waals surface area contributed by atoms with Crippen LogP contribution >= 0.6 is 27.5 Å². The number of ether oxygens (including phenoxy) is 1. The molecule has 126 valence electrons. The molecule has 0 aliphatic heterocycles. The van der Waals surface area contributed by atoms with Crippen LogP contribution in [0, 0.1) is 0 Å². The molecule has 0 spiro atoms. The molecule has 0 amide bonds. The number of benzene rings is 2. The zero-order chi connectivity index (χ0) is 17.6. The van der Waals surface area contributed by atoms with E-state index in [1.807, 2.05) is 30.3 Å². The van der Waals surface area contributed by atoms with Crippen molar-refractivity contribution in [2.45, 2.75) is 6.54 Å². The summed E-state index contributed by atoms with van der Waals surface area (Å²) < 4.78 is 7.55. The SMILES string of the molecule is O=C(/C=C/c1cn(Cc2ccccc2)nn1)Oc1ccc(Cl)cc1Br. The summed E-state index contributed by atoms with van der Waals surface area (Å²) in [5, 5.41) is 8.60. The zero-order valence-electron chi connectivity index (χ0n) is 13.0. The van der Waals surface area contributed by atoms with Gasteiger partial charge < -0.3 is 4.74 Å². The number of hydrogen-bond donors (Lipinski definition) is 0. The first kappa shape index (κ1) is 17.4. The average Bonchev–Trinajstić information content (AvgIpc) is 3.04. The summed E-state index contributed by atoms with van der Waals surface area (Å²) in [6.07, 6.45) is 4.62. The van der Waals surface area contributed by atoms with E-state index in [1.165, 1.54) is 6.08 Å². The Labute approximate surface area is 158 Å². The minimum absolute atomic E-state index is 0.395. The summed E-state index contributed by atoms with van der Waals surface area (Å²) in [4.78, 5) is 11.9. The van der Waals surface area contributed by atoms with Gasteiger partial charge in [0.1, 0.15) is 11.4 Å². The van der Waals surface area contributed by atoms with E-state index in [2.05, 4.69) is 26.2 Å². The van der Waals surface area contributed by atoms with Crippen LogP contribution in [-0.4, -0.2) is 21.0 Å². The molecule has 0 saturated carbocycles. The van der Waals surface area contributed by atoms with Gasteiger partial charge in [-0.2, -0.15) is 0 Å². The first-order valence-corrected chi connectivity index (χ1v) is 8.56. The van der Waals surface area contributed by atoms with Crippen molar-refractivity contribution in [1.82, 2.24) is 15.0 Å². The highest BCUT2D eigenvalue weighted by atomic mass is 79.9. The lowest BCUT2D eigenvalue weighted by atomic mass is 10.2. The van der Waals surface area contributed by atoms with Crippen molar-refractivity contribution in [2.75, 3.05) is 0 Å². The van der Waals surface area contributed by atoms with Gasteiger partial charge in [0.25, 0.3) is 0 Å². The van der Waals surface area contributed by atoms with Crippen LogP contribution in [0.5, 0.6) is 5.75 Å². The summed E-state index contributed by atoms with van der Waals surface area (Å²) in [5.74, 6) is -0.118. The Kier molecular flexibility index (Phi) is 5.63. The third-order valence-corrected chi connectivity index (χ3v) is 4.09. The van der Waals surface area contributed by atoms with Crippen LogP contribution in [0.1, 0.15) is 11.3 Å². The van der Waals surface area contributed by atoms with Gasteiger partial charge in [-0.25, -0.2) is 9.48 Å². The van der Waals surface area contributed by atoms with Gasteiger partial charge in [-0.05, 0) is 45.8 Å². The van der Waals surface area contributed by atoms with E-state index in [9.17, 15) is 4.79 Å². The van der Waals surface area contributed by atoms with Gasteiger partial charge in [-0.3, -0.25) is 0 Å². The molecule has 0 radical (unpaired) electrons. The van der Waals surface area contributed by atoms with E-state index in [0.29, 0.717) is 27.5 Å². The van der Waals surface area contributed by atoms with Crippen LogP contribution < -0.4 is 4.74 Å². The van der Waals surface area contributed by atoms with Crippen LogP contribution in [-0.2, 0) is 11.3 Å².